The number of carbonyl (C=O) groups excluding carboxylic acids is 2. The maximum absolute atomic E-state index is 12.5. The molecule has 2 aromatic heterocycles. The second-order valence-electron chi connectivity index (χ2n) is 6.05. The molecule has 150 valence electrons. The Hall–Kier alpha value is -4.09. The monoisotopic (exact) mass is 399 g/mol. The molecule has 0 spiro atoms. The molecule has 0 radical (unpaired) electrons. The summed E-state index contributed by atoms with van der Waals surface area (Å²) in [6.07, 6.45) is 1.13. The molecular weight excluding hydrogens is 382 g/mol. The van der Waals surface area contributed by atoms with Crippen LogP contribution in [-0.2, 0) is 17.9 Å². The van der Waals surface area contributed by atoms with E-state index >= 15 is 0 Å². The number of carbonyl (C=O) groups is 2. The van der Waals surface area contributed by atoms with Gasteiger partial charge in [-0.3, -0.25) is 29.8 Å². The fourth-order valence-electron chi connectivity index (χ4n) is 2.74. The average molecular weight is 399 g/mol. The van der Waals surface area contributed by atoms with Gasteiger partial charge in [-0.1, -0.05) is 18.2 Å². The summed E-state index contributed by atoms with van der Waals surface area (Å²) in [4.78, 5) is 50.8. The molecule has 0 bridgehead atoms. The van der Waals surface area contributed by atoms with Crippen molar-refractivity contribution in [1.82, 2.24) is 30.2 Å². The van der Waals surface area contributed by atoms with E-state index in [0.29, 0.717) is 10.8 Å². The maximum atomic E-state index is 12.5. The summed E-state index contributed by atoms with van der Waals surface area (Å²) < 4.78 is 2.44. The molecule has 0 fully saturated rings. The van der Waals surface area contributed by atoms with Crippen LogP contribution in [0.5, 0.6) is 0 Å². The number of nitrogens with zero attached hydrogens (tertiary/aromatic N) is 5. The van der Waals surface area contributed by atoms with Crippen molar-refractivity contribution in [2.75, 3.05) is 0 Å². The van der Waals surface area contributed by atoms with Crippen LogP contribution in [0.3, 0.4) is 0 Å². The molecular formula is C17H17N7O5. The van der Waals surface area contributed by atoms with Crippen LogP contribution in [-0.4, -0.2) is 36.1 Å². The minimum absolute atomic E-state index is 0.0169. The van der Waals surface area contributed by atoms with E-state index in [1.54, 1.807) is 31.2 Å². The highest BCUT2D eigenvalue weighted by Crippen LogP contribution is 2.13. The van der Waals surface area contributed by atoms with Gasteiger partial charge in [0.1, 0.15) is 12.7 Å². The highest BCUT2D eigenvalue weighted by molar-refractivity contribution is 6.05. The lowest BCUT2D eigenvalue weighted by Crippen LogP contribution is -2.44. The number of fused-ring (bicyclic) bond motifs is 1. The fraction of sp³-hybridized carbons (Fsp3) is 0.235. The van der Waals surface area contributed by atoms with Crippen LogP contribution in [0, 0.1) is 17.0 Å². The lowest BCUT2D eigenvalue weighted by molar-refractivity contribution is -0.389. The van der Waals surface area contributed by atoms with Gasteiger partial charge in [0.15, 0.2) is 5.69 Å². The van der Waals surface area contributed by atoms with Crippen molar-refractivity contribution < 1.29 is 14.5 Å². The predicted octanol–water partition coefficient (Wildman–Crippen LogP) is 0.291. The molecule has 0 aliphatic heterocycles. The number of benzene rings is 1. The summed E-state index contributed by atoms with van der Waals surface area (Å²) in [6.45, 7) is 3.23. The van der Waals surface area contributed by atoms with Gasteiger partial charge in [-0.05, 0) is 22.9 Å². The Morgan fingerprint density at radius 1 is 1.21 bits per heavy atom. The van der Waals surface area contributed by atoms with Crippen LogP contribution in [0.4, 0.5) is 5.82 Å². The lowest BCUT2D eigenvalue weighted by atomic mass is 10.1. The van der Waals surface area contributed by atoms with Crippen LogP contribution < -0.4 is 16.4 Å². The van der Waals surface area contributed by atoms with Crippen molar-refractivity contribution in [3.63, 3.8) is 0 Å². The normalized spacial score (nSPS) is 10.7. The Kier molecular flexibility index (Phi) is 5.34. The first kappa shape index (κ1) is 19.7. The Morgan fingerprint density at radius 2 is 1.90 bits per heavy atom. The number of hydrogen-bond acceptors (Lipinski definition) is 7. The summed E-state index contributed by atoms with van der Waals surface area (Å²) in [5.41, 5.74) is 4.14. The number of imidazole rings is 1. The van der Waals surface area contributed by atoms with E-state index in [1.807, 2.05) is 0 Å². The molecule has 12 heteroatoms. The summed E-state index contributed by atoms with van der Waals surface area (Å²) in [7, 11) is 0. The minimum atomic E-state index is -0.704. The maximum Gasteiger partial charge on any atom is 0.381 e. The summed E-state index contributed by atoms with van der Waals surface area (Å²) in [5.74, 6) is -1.43. The van der Waals surface area contributed by atoms with Gasteiger partial charge < -0.3 is 10.1 Å². The molecule has 1 aromatic carbocycles. The van der Waals surface area contributed by atoms with E-state index in [1.165, 1.54) is 11.5 Å². The number of hydrazine groups is 1. The van der Waals surface area contributed by atoms with Crippen LogP contribution in [0.1, 0.15) is 23.2 Å². The Labute approximate surface area is 163 Å². The Morgan fingerprint density at radius 3 is 2.52 bits per heavy atom. The quantitative estimate of drug-likeness (QED) is 0.461. The number of amides is 2. The summed E-state index contributed by atoms with van der Waals surface area (Å²) in [5, 5.41) is 15.5. The third kappa shape index (κ3) is 3.95. The molecule has 0 aliphatic carbocycles. The van der Waals surface area contributed by atoms with Crippen molar-refractivity contribution in [3.8, 4) is 0 Å². The van der Waals surface area contributed by atoms with E-state index in [9.17, 15) is 24.5 Å². The van der Waals surface area contributed by atoms with E-state index in [2.05, 4.69) is 20.9 Å². The van der Waals surface area contributed by atoms with E-state index in [-0.39, 0.29) is 36.0 Å². The second kappa shape index (κ2) is 7.88. The molecule has 0 unspecified atom stereocenters. The average Bonchev–Trinajstić information content (AvgIpc) is 3.07. The number of nitro groups is 1. The van der Waals surface area contributed by atoms with Crippen molar-refractivity contribution in [3.05, 3.63) is 62.4 Å². The topological polar surface area (TPSA) is 154 Å². The van der Waals surface area contributed by atoms with Gasteiger partial charge in [0, 0.05) is 18.9 Å². The molecule has 2 amide bonds. The molecule has 12 nitrogen and oxygen atoms in total. The van der Waals surface area contributed by atoms with Gasteiger partial charge >= 0.3 is 5.82 Å². The number of hydrogen-bond donors (Lipinski definition) is 2. The number of rotatable bonds is 5. The van der Waals surface area contributed by atoms with Gasteiger partial charge in [-0.25, -0.2) is 4.68 Å². The first-order valence-corrected chi connectivity index (χ1v) is 8.59. The number of nitrogens with one attached hydrogen (secondary N) is 2. The molecule has 0 aliphatic rings. The molecule has 2 heterocycles. The number of aryl methyl sites for hydroxylation is 2. The predicted molar refractivity (Wildman–Crippen MR) is 101 cm³/mol. The Balaban J connectivity index is 1.76. The highest BCUT2D eigenvalue weighted by atomic mass is 16.6. The first-order chi connectivity index (χ1) is 13.8. The molecule has 2 N–H and O–H groups in total. The van der Waals surface area contributed by atoms with Crippen LogP contribution in [0.25, 0.3) is 10.8 Å². The van der Waals surface area contributed by atoms with E-state index in [4.69, 9.17) is 0 Å². The van der Waals surface area contributed by atoms with Crippen molar-refractivity contribution in [2.45, 2.75) is 26.9 Å². The zero-order chi connectivity index (χ0) is 21.1. The second-order valence-corrected chi connectivity index (χ2v) is 6.05. The molecule has 0 saturated heterocycles. The van der Waals surface area contributed by atoms with Gasteiger partial charge in [0.2, 0.25) is 5.82 Å². The van der Waals surface area contributed by atoms with Gasteiger partial charge in [0.05, 0.1) is 5.39 Å². The third-order valence-electron chi connectivity index (χ3n) is 4.16. The van der Waals surface area contributed by atoms with Gasteiger partial charge in [-0.2, -0.15) is 5.10 Å². The highest BCUT2D eigenvalue weighted by Gasteiger charge is 2.19. The Bertz CT molecular complexity index is 1180. The molecule has 0 saturated carbocycles. The largest absolute Gasteiger partial charge is 0.381 e. The SMILES string of the molecule is CCn1nc(C(=O)NNC(=O)Cn2cc([N+](=O)[O-])nc2C)c2ccccc2c1=O. The zero-order valence-electron chi connectivity index (χ0n) is 15.6. The minimum Gasteiger partial charge on any atom is -0.358 e. The smallest absolute Gasteiger partial charge is 0.358 e. The van der Waals surface area contributed by atoms with Gasteiger partial charge in [0.25, 0.3) is 17.4 Å². The van der Waals surface area contributed by atoms with Crippen LogP contribution >= 0.6 is 0 Å². The van der Waals surface area contributed by atoms with Crippen molar-refractivity contribution in [2.24, 2.45) is 0 Å². The summed E-state index contributed by atoms with van der Waals surface area (Å²) >= 11 is 0. The standard InChI is InChI=1S/C17H17N7O5/c1-3-23-17(27)12-7-5-4-6-11(12)15(21-23)16(26)20-19-14(25)9-22-8-13(24(28)29)18-10(22)2/h4-8H,3,9H2,1-2H3,(H,19,25)(H,20,26). The first-order valence-electron chi connectivity index (χ1n) is 8.59. The van der Waals surface area contributed by atoms with E-state index < -0.39 is 16.7 Å². The number of aromatic nitrogens is 4. The third-order valence-corrected chi connectivity index (χ3v) is 4.16. The molecule has 0 atom stereocenters. The van der Waals surface area contributed by atoms with Gasteiger partial charge in [-0.15, -0.1) is 0 Å². The van der Waals surface area contributed by atoms with Crippen molar-refractivity contribution in [1.29, 1.82) is 0 Å². The van der Waals surface area contributed by atoms with Crippen LogP contribution in [0.15, 0.2) is 35.3 Å². The zero-order valence-corrected chi connectivity index (χ0v) is 15.6. The lowest BCUT2D eigenvalue weighted by Gasteiger charge is -2.11. The fourth-order valence-corrected chi connectivity index (χ4v) is 2.74. The molecule has 29 heavy (non-hydrogen) atoms. The molecule has 3 rings (SSSR count). The summed E-state index contributed by atoms with van der Waals surface area (Å²) in [6, 6.07) is 6.54. The van der Waals surface area contributed by atoms with E-state index in [0.717, 1.165) is 10.9 Å². The van der Waals surface area contributed by atoms with Crippen molar-refractivity contribution >= 4 is 28.4 Å². The van der Waals surface area contributed by atoms with Crippen LogP contribution in [0.2, 0.25) is 0 Å². The molecule has 3 aromatic rings.